The summed E-state index contributed by atoms with van der Waals surface area (Å²) in [6, 6.07) is 0. The van der Waals surface area contributed by atoms with Crippen molar-refractivity contribution in [1.29, 1.82) is 0 Å². The van der Waals surface area contributed by atoms with E-state index in [-0.39, 0.29) is 0 Å². The maximum absolute atomic E-state index is 17.4. The summed E-state index contributed by atoms with van der Waals surface area (Å²) in [5, 5.41) is -14.4. The molecular formula is C43H21BF23OSi-. The summed E-state index contributed by atoms with van der Waals surface area (Å²) in [4.78, 5) is 0. The maximum atomic E-state index is 17.4. The van der Waals surface area contributed by atoms with Crippen molar-refractivity contribution >= 4 is 68.6 Å². The molecule has 0 unspecified atom stereocenters. The lowest BCUT2D eigenvalue weighted by Gasteiger charge is -2.45. The minimum Gasteiger partial charge on any atom is -0.539 e. The second kappa shape index (κ2) is 16.6. The van der Waals surface area contributed by atoms with Gasteiger partial charge in [-0.2, -0.15) is 0 Å². The Morgan fingerprint density at radius 3 is 0.725 bits per heavy atom. The van der Waals surface area contributed by atoms with Crippen molar-refractivity contribution < 1.29 is 105 Å². The van der Waals surface area contributed by atoms with Crippen LogP contribution in [0.5, 0.6) is 5.75 Å². The van der Waals surface area contributed by atoms with Crippen molar-refractivity contribution in [2.24, 2.45) is 0 Å². The SMILES string of the molecule is CC(C)[Si](Oc1c(F)c2c(F)c(F)c3c(F)c(F)c([B-](c4c(F)c(F)c(F)c(F)c4F)(c4c(F)c(F)c(F)c(F)c4F)c4c(F)c(F)c(F)c(F)c4F)c4c(F)c(F)c(c1F)c2c34)(C(C)C)C(C)C. The number of rotatable bonds is 9. The third-order valence-corrected chi connectivity index (χ3v) is 18.7. The van der Waals surface area contributed by atoms with Crippen molar-refractivity contribution in [2.45, 2.75) is 58.2 Å². The molecular weight excluding hydrogens is 1010 g/mol. The molecule has 7 rings (SSSR count). The topological polar surface area (TPSA) is 9.23 Å². The van der Waals surface area contributed by atoms with Crippen LogP contribution in [0.4, 0.5) is 101 Å². The lowest BCUT2D eigenvalue weighted by molar-refractivity contribution is 0.379. The standard InChI is InChI=1S/C43H21BF23OSi/c1-7(2)69(8(3)4,9(5)6)68-43-25(50)14-11-10-12(20(45)22(14)47)16(27(52)24(49)13(10)21(46)23(48)15(11)26(43)51)44(17-28(53)34(59)40(65)35(60)29(17)54,18-30(55)36(61)41(66)37(62)31(18)56)19-32(57)38(63)42(67)39(64)33(19)58/h7-9H,1-6H3/q-1. The van der Waals surface area contributed by atoms with Crippen LogP contribution in [0.3, 0.4) is 0 Å². The highest BCUT2D eigenvalue weighted by molar-refractivity contribution is 7.21. The third kappa shape index (κ3) is 6.26. The first-order valence-corrected chi connectivity index (χ1v) is 21.6. The van der Waals surface area contributed by atoms with Gasteiger partial charge in [0.1, 0.15) is 46.9 Å². The molecule has 69 heavy (non-hydrogen) atoms. The molecule has 368 valence electrons. The summed E-state index contributed by atoms with van der Waals surface area (Å²) in [7, 11) is -3.81. The van der Waals surface area contributed by atoms with E-state index in [9.17, 15) is 13.2 Å². The Kier molecular flexibility index (Phi) is 12.2. The average molecular weight is 1030 g/mol. The molecule has 0 N–H and O–H groups in total. The summed E-state index contributed by atoms with van der Waals surface area (Å²) in [5.41, 5.74) is -16.6. The van der Waals surface area contributed by atoms with Gasteiger partial charge < -0.3 is 4.43 Å². The van der Waals surface area contributed by atoms with E-state index in [1.165, 1.54) is 41.5 Å². The highest BCUT2D eigenvalue weighted by Gasteiger charge is 2.53. The van der Waals surface area contributed by atoms with Crippen LogP contribution in [0.1, 0.15) is 41.5 Å². The second-order valence-corrected chi connectivity index (χ2v) is 22.1. The lowest BCUT2D eigenvalue weighted by Crippen LogP contribution is -2.80. The van der Waals surface area contributed by atoms with Gasteiger partial charge in [0.2, 0.25) is 0 Å². The van der Waals surface area contributed by atoms with Crippen LogP contribution >= 0.6 is 0 Å². The highest BCUT2D eigenvalue weighted by Crippen LogP contribution is 2.50. The van der Waals surface area contributed by atoms with Crippen LogP contribution in [-0.4, -0.2) is 14.5 Å². The quantitative estimate of drug-likeness (QED) is 0.0460. The van der Waals surface area contributed by atoms with Gasteiger partial charge in [0.05, 0.1) is 16.2 Å². The van der Waals surface area contributed by atoms with Crippen molar-refractivity contribution in [2.75, 3.05) is 0 Å². The Labute approximate surface area is 371 Å². The molecule has 7 aromatic carbocycles. The minimum atomic E-state index is -7.53. The van der Waals surface area contributed by atoms with E-state index in [2.05, 4.69) is 0 Å². The zero-order valence-corrected chi connectivity index (χ0v) is 35.9. The Hall–Kier alpha value is -5.95. The highest BCUT2D eigenvalue weighted by atomic mass is 28.4. The number of benzene rings is 7. The molecule has 0 heterocycles. The molecule has 0 aliphatic heterocycles. The van der Waals surface area contributed by atoms with E-state index in [0.717, 1.165) is 0 Å². The van der Waals surface area contributed by atoms with Crippen LogP contribution < -0.4 is 26.3 Å². The van der Waals surface area contributed by atoms with Crippen molar-refractivity contribution in [3.63, 3.8) is 0 Å². The molecule has 0 amide bonds. The molecule has 0 fully saturated rings. The van der Waals surface area contributed by atoms with Crippen LogP contribution in [0.15, 0.2) is 0 Å². The van der Waals surface area contributed by atoms with Crippen LogP contribution in [0.25, 0.3) is 32.3 Å². The monoisotopic (exact) mass is 1030 g/mol. The van der Waals surface area contributed by atoms with E-state index in [4.69, 9.17) is 4.43 Å². The first-order valence-electron chi connectivity index (χ1n) is 19.5. The Bertz CT molecular complexity index is 3110. The van der Waals surface area contributed by atoms with Gasteiger partial charge in [-0.3, -0.25) is 0 Å². The van der Waals surface area contributed by atoms with Gasteiger partial charge >= 0.3 is 0 Å². The molecule has 0 radical (unpaired) electrons. The van der Waals surface area contributed by atoms with E-state index < -0.39 is 225 Å². The van der Waals surface area contributed by atoms with Gasteiger partial charge in [-0.15, -0.1) is 21.9 Å². The predicted octanol–water partition coefficient (Wildman–Crippen LogP) is 12.7. The molecule has 0 spiro atoms. The molecule has 1 nitrogen and oxygen atoms in total. The van der Waals surface area contributed by atoms with E-state index in [1.807, 2.05) is 0 Å². The molecule has 0 aromatic heterocycles. The summed E-state index contributed by atoms with van der Waals surface area (Å²) in [6.45, 7) is 8.83. The maximum Gasteiger partial charge on any atom is 0.259 e. The molecule has 0 atom stereocenters. The van der Waals surface area contributed by atoms with Gasteiger partial charge in [0.15, 0.2) is 98.8 Å². The predicted molar refractivity (Wildman–Crippen MR) is 204 cm³/mol. The van der Waals surface area contributed by atoms with E-state index in [0.29, 0.717) is 0 Å². The fourth-order valence-corrected chi connectivity index (χ4v) is 15.3. The zero-order chi connectivity index (χ0) is 52.1. The van der Waals surface area contributed by atoms with E-state index >= 15 is 87.8 Å². The van der Waals surface area contributed by atoms with Crippen LogP contribution in [0.2, 0.25) is 16.6 Å². The summed E-state index contributed by atoms with van der Waals surface area (Å²) >= 11 is 0. The van der Waals surface area contributed by atoms with Gasteiger partial charge in [0.25, 0.3) is 8.32 Å². The Morgan fingerprint density at radius 1 is 0.246 bits per heavy atom. The molecule has 0 saturated carbocycles. The molecule has 0 saturated heterocycles. The second-order valence-electron chi connectivity index (χ2n) is 16.7. The van der Waals surface area contributed by atoms with Gasteiger partial charge in [-0.1, -0.05) is 41.5 Å². The van der Waals surface area contributed by atoms with Crippen molar-refractivity contribution in [3.8, 4) is 5.75 Å². The van der Waals surface area contributed by atoms with Crippen LogP contribution in [-0.2, 0) is 0 Å². The molecule has 26 heteroatoms. The van der Waals surface area contributed by atoms with Gasteiger partial charge in [0, 0.05) is 10.8 Å². The first kappa shape index (κ1) is 50.9. The van der Waals surface area contributed by atoms with Crippen molar-refractivity contribution in [3.05, 3.63) is 134 Å². The fourth-order valence-electron chi connectivity index (χ4n) is 10.1. The fraction of sp³-hybridized carbons (Fsp3) is 0.209. The zero-order valence-electron chi connectivity index (χ0n) is 34.9. The van der Waals surface area contributed by atoms with Crippen LogP contribution in [0, 0.1) is 134 Å². The lowest BCUT2D eigenvalue weighted by atomic mass is 9.12. The first-order chi connectivity index (χ1) is 31.9. The Balaban J connectivity index is 1.97. The Morgan fingerprint density at radius 2 is 0.449 bits per heavy atom. The summed E-state index contributed by atoms with van der Waals surface area (Å²) in [6.07, 6.45) is -7.53. The van der Waals surface area contributed by atoms with E-state index in [1.54, 1.807) is 0 Å². The molecule has 0 bridgehead atoms. The number of hydrogen-bond donors (Lipinski definition) is 0. The molecule has 0 aliphatic rings. The molecule has 7 aromatic rings. The third-order valence-electron chi connectivity index (χ3n) is 12.7. The summed E-state index contributed by atoms with van der Waals surface area (Å²) < 4.78 is 377. The molecule has 0 aliphatic carbocycles. The van der Waals surface area contributed by atoms with Gasteiger partial charge in [-0.25, -0.2) is 101 Å². The van der Waals surface area contributed by atoms with Crippen molar-refractivity contribution in [1.82, 2.24) is 0 Å². The normalized spacial score (nSPS) is 12.8. The largest absolute Gasteiger partial charge is 0.539 e. The number of hydrogen-bond acceptors (Lipinski definition) is 1. The summed E-state index contributed by atoms with van der Waals surface area (Å²) in [5.74, 6) is -81.2. The smallest absolute Gasteiger partial charge is 0.259 e. The minimum absolute atomic E-state index is 0.703. The average Bonchev–Trinajstić information content (AvgIpc) is 3.28. The number of halogens is 23. The van der Waals surface area contributed by atoms with Gasteiger partial charge in [-0.05, 0) is 22.0 Å².